The number of hydrogen-bond donors (Lipinski definition) is 2. The molecule has 1 aliphatic rings. The Balaban J connectivity index is 2.20. The molecule has 6 heteroatoms. The fraction of sp³-hybridized carbons (Fsp3) is 0.950. The largest absolute Gasteiger partial charge is 0.379 e. The molecule has 0 aromatic carbocycles. The summed E-state index contributed by atoms with van der Waals surface area (Å²) in [6.45, 7) is 15.4. The maximum absolute atomic E-state index is 5.70. The summed E-state index contributed by atoms with van der Waals surface area (Å²) in [6, 6.07) is 0.540. The summed E-state index contributed by atoms with van der Waals surface area (Å²) in [5, 5.41) is 6.89. The predicted octanol–water partition coefficient (Wildman–Crippen LogP) is 2.49. The molecule has 1 rings (SSSR count). The number of guanidine groups is 1. The van der Waals surface area contributed by atoms with Gasteiger partial charge in [-0.25, -0.2) is 0 Å². The highest BCUT2D eigenvalue weighted by atomic mass is 16.5. The number of nitrogens with zero attached hydrogens (tertiary/aromatic N) is 2. The molecule has 0 spiro atoms. The summed E-state index contributed by atoms with van der Waals surface area (Å²) in [7, 11) is 1.83. The molecular weight excluding hydrogens is 328 g/mol. The van der Waals surface area contributed by atoms with Gasteiger partial charge < -0.3 is 20.1 Å². The van der Waals surface area contributed by atoms with Crippen LogP contribution >= 0.6 is 0 Å². The van der Waals surface area contributed by atoms with E-state index in [9.17, 15) is 0 Å². The smallest absolute Gasteiger partial charge is 0.191 e. The first kappa shape index (κ1) is 23.2. The van der Waals surface area contributed by atoms with E-state index in [-0.39, 0.29) is 0 Å². The van der Waals surface area contributed by atoms with Crippen LogP contribution in [0.5, 0.6) is 0 Å². The van der Waals surface area contributed by atoms with E-state index in [4.69, 9.17) is 9.47 Å². The van der Waals surface area contributed by atoms with Gasteiger partial charge in [0.25, 0.3) is 0 Å². The summed E-state index contributed by atoms with van der Waals surface area (Å²) in [4.78, 5) is 6.87. The fourth-order valence-electron chi connectivity index (χ4n) is 3.45. The topological polar surface area (TPSA) is 58.1 Å². The average molecular weight is 371 g/mol. The summed E-state index contributed by atoms with van der Waals surface area (Å²) in [6.07, 6.45) is 4.79. The molecule has 0 saturated carbocycles. The highest BCUT2D eigenvalue weighted by Gasteiger charge is 2.17. The molecule has 0 aliphatic carbocycles. The van der Waals surface area contributed by atoms with Crippen molar-refractivity contribution >= 4 is 5.96 Å². The number of hydrogen-bond acceptors (Lipinski definition) is 4. The quantitative estimate of drug-likeness (QED) is 0.296. The van der Waals surface area contributed by atoms with E-state index in [0.717, 1.165) is 64.8 Å². The third kappa shape index (κ3) is 9.74. The van der Waals surface area contributed by atoms with Gasteiger partial charge in [0.2, 0.25) is 0 Å². The normalized spacial score (nSPS) is 19.3. The van der Waals surface area contributed by atoms with Crippen LogP contribution in [0.2, 0.25) is 0 Å². The van der Waals surface area contributed by atoms with Crippen LogP contribution in [0.3, 0.4) is 0 Å². The molecule has 1 heterocycles. The Kier molecular flexibility index (Phi) is 12.7. The molecule has 0 aromatic rings. The fourth-order valence-corrected chi connectivity index (χ4v) is 3.45. The van der Waals surface area contributed by atoms with E-state index in [0.29, 0.717) is 18.1 Å². The molecule has 0 radical (unpaired) electrons. The summed E-state index contributed by atoms with van der Waals surface area (Å²) in [5.74, 6) is 1.57. The van der Waals surface area contributed by atoms with Crippen LogP contribution in [0.15, 0.2) is 4.99 Å². The zero-order valence-electron chi connectivity index (χ0n) is 17.7. The van der Waals surface area contributed by atoms with Crippen molar-refractivity contribution in [2.24, 2.45) is 10.9 Å². The van der Waals surface area contributed by atoms with Gasteiger partial charge >= 0.3 is 0 Å². The third-order valence-electron chi connectivity index (χ3n) is 4.89. The maximum atomic E-state index is 5.70. The van der Waals surface area contributed by atoms with Crippen molar-refractivity contribution in [2.75, 3.05) is 53.0 Å². The van der Waals surface area contributed by atoms with Crippen molar-refractivity contribution in [3.63, 3.8) is 0 Å². The van der Waals surface area contributed by atoms with Crippen LogP contribution in [-0.4, -0.2) is 76.1 Å². The molecule has 2 unspecified atom stereocenters. The van der Waals surface area contributed by atoms with Crippen LogP contribution in [0.4, 0.5) is 0 Å². The van der Waals surface area contributed by atoms with Gasteiger partial charge in [0.05, 0.1) is 12.7 Å². The molecule has 26 heavy (non-hydrogen) atoms. The molecule has 2 atom stereocenters. The minimum Gasteiger partial charge on any atom is -0.379 e. The lowest BCUT2D eigenvalue weighted by atomic mass is 10.0. The Labute approximate surface area is 161 Å². The van der Waals surface area contributed by atoms with Gasteiger partial charge in [-0.2, -0.15) is 0 Å². The second-order valence-electron chi connectivity index (χ2n) is 7.45. The highest BCUT2D eigenvalue weighted by molar-refractivity contribution is 5.79. The van der Waals surface area contributed by atoms with Gasteiger partial charge in [0.15, 0.2) is 5.96 Å². The number of rotatable bonds is 13. The Bertz CT molecular complexity index is 367. The van der Waals surface area contributed by atoms with Crippen molar-refractivity contribution < 1.29 is 9.47 Å². The van der Waals surface area contributed by atoms with Crippen molar-refractivity contribution in [3.05, 3.63) is 0 Å². The first-order chi connectivity index (χ1) is 12.6. The van der Waals surface area contributed by atoms with E-state index in [2.05, 4.69) is 48.2 Å². The minimum atomic E-state index is 0.315. The lowest BCUT2D eigenvalue weighted by Crippen LogP contribution is -2.47. The van der Waals surface area contributed by atoms with Crippen molar-refractivity contribution in [1.29, 1.82) is 0 Å². The molecule has 2 N–H and O–H groups in total. The summed E-state index contributed by atoms with van der Waals surface area (Å²) in [5.41, 5.74) is 0. The van der Waals surface area contributed by atoms with E-state index in [1.807, 2.05) is 7.05 Å². The molecule has 6 nitrogen and oxygen atoms in total. The first-order valence-corrected chi connectivity index (χ1v) is 10.5. The molecule has 0 amide bonds. The standard InChI is InChI=1S/C20H42N4O2/c1-6-24(7-2)18(14-17(3)4)15-23-20(21-5)22-11-9-12-25-16-19-10-8-13-26-19/h17-19H,6-16H2,1-5H3,(H2,21,22,23). The lowest BCUT2D eigenvalue weighted by Gasteiger charge is -2.31. The van der Waals surface area contributed by atoms with Crippen LogP contribution < -0.4 is 10.6 Å². The highest BCUT2D eigenvalue weighted by Crippen LogP contribution is 2.12. The first-order valence-electron chi connectivity index (χ1n) is 10.5. The van der Waals surface area contributed by atoms with Gasteiger partial charge in [0, 0.05) is 39.4 Å². The Hall–Kier alpha value is -0.850. The Morgan fingerprint density at radius 1 is 1.27 bits per heavy atom. The Morgan fingerprint density at radius 3 is 2.62 bits per heavy atom. The molecular formula is C20H42N4O2. The van der Waals surface area contributed by atoms with E-state index >= 15 is 0 Å². The molecule has 1 fully saturated rings. The molecule has 1 aliphatic heterocycles. The second kappa shape index (κ2) is 14.2. The molecule has 0 bridgehead atoms. The van der Waals surface area contributed by atoms with Crippen LogP contribution in [-0.2, 0) is 9.47 Å². The number of ether oxygens (including phenoxy) is 2. The van der Waals surface area contributed by atoms with Gasteiger partial charge in [-0.05, 0) is 44.7 Å². The van der Waals surface area contributed by atoms with Crippen molar-refractivity contribution in [3.8, 4) is 0 Å². The lowest BCUT2D eigenvalue weighted by molar-refractivity contribution is 0.0168. The van der Waals surface area contributed by atoms with E-state index in [1.165, 1.54) is 12.8 Å². The van der Waals surface area contributed by atoms with E-state index < -0.39 is 0 Å². The zero-order valence-corrected chi connectivity index (χ0v) is 17.7. The molecule has 0 aromatic heterocycles. The second-order valence-corrected chi connectivity index (χ2v) is 7.45. The molecule has 1 saturated heterocycles. The van der Waals surface area contributed by atoms with Gasteiger partial charge in [0.1, 0.15) is 0 Å². The van der Waals surface area contributed by atoms with Gasteiger partial charge in [-0.3, -0.25) is 9.89 Å². The van der Waals surface area contributed by atoms with Crippen molar-refractivity contribution in [1.82, 2.24) is 15.5 Å². The van der Waals surface area contributed by atoms with E-state index in [1.54, 1.807) is 0 Å². The SMILES string of the molecule is CCN(CC)C(CNC(=NC)NCCCOCC1CCCO1)CC(C)C. The third-order valence-corrected chi connectivity index (χ3v) is 4.89. The number of likely N-dealkylation sites (N-methyl/N-ethyl adjacent to an activating group) is 1. The average Bonchev–Trinajstić information content (AvgIpc) is 3.14. The van der Waals surface area contributed by atoms with Crippen LogP contribution in [0.25, 0.3) is 0 Å². The predicted molar refractivity (Wildman–Crippen MR) is 110 cm³/mol. The number of nitrogens with one attached hydrogen (secondary N) is 2. The zero-order chi connectivity index (χ0) is 19.2. The molecule has 154 valence electrons. The minimum absolute atomic E-state index is 0.315. The van der Waals surface area contributed by atoms with Crippen LogP contribution in [0, 0.1) is 5.92 Å². The van der Waals surface area contributed by atoms with Gasteiger partial charge in [-0.1, -0.05) is 27.7 Å². The summed E-state index contributed by atoms with van der Waals surface area (Å²) >= 11 is 0. The van der Waals surface area contributed by atoms with Crippen molar-refractivity contribution in [2.45, 2.75) is 65.5 Å². The maximum Gasteiger partial charge on any atom is 0.191 e. The number of aliphatic imine (C=N–C) groups is 1. The van der Waals surface area contributed by atoms with Gasteiger partial charge in [-0.15, -0.1) is 0 Å². The van der Waals surface area contributed by atoms with Crippen LogP contribution in [0.1, 0.15) is 53.4 Å². The Morgan fingerprint density at radius 2 is 2.04 bits per heavy atom. The monoisotopic (exact) mass is 370 g/mol. The summed E-state index contributed by atoms with van der Waals surface area (Å²) < 4.78 is 11.3.